The lowest BCUT2D eigenvalue weighted by Crippen LogP contribution is -2.43. The second kappa shape index (κ2) is 7.46. The first-order chi connectivity index (χ1) is 12.0. The summed E-state index contributed by atoms with van der Waals surface area (Å²) in [5, 5.41) is 3.50. The summed E-state index contributed by atoms with van der Waals surface area (Å²) in [6.45, 7) is 3.10. The Bertz CT molecular complexity index is 649. The third-order valence-corrected chi connectivity index (χ3v) is 5.64. The summed E-state index contributed by atoms with van der Waals surface area (Å²) in [6.07, 6.45) is 6.34. The highest BCUT2D eigenvalue weighted by Gasteiger charge is 2.43. The number of carbonyl (C=O) groups is 1. The van der Waals surface area contributed by atoms with Gasteiger partial charge in [0.15, 0.2) is 5.96 Å². The van der Waals surface area contributed by atoms with Crippen molar-refractivity contribution in [3.8, 4) is 0 Å². The Morgan fingerprint density at radius 1 is 1.32 bits per heavy atom. The quantitative estimate of drug-likeness (QED) is 0.675. The van der Waals surface area contributed by atoms with Crippen LogP contribution in [0.5, 0.6) is 0 Å². The van der Waals surface area contributed by atoms with Gasteiger partial charge in [-0.25, -0.2) is 0 Å². The van der Waals surface area contributed by atoms with Gasteiger partial charge < -0.3 is 15.1 Å². The average molecular weight is 342 g/mol. The summed E-state index contributed by atoms with van der Waals surface area (Å²) in [5.41, 5.74) is 2.50. The first-order valence-corrected chi connectivity index (χ1v) is 9.29. The van der Waals surface area contributed by atoms with Gasteiger partial charge in [0.25, 0.3) is 5.91 Å². The van der Waals surface area contributed by atoms with E-state index >= 15 is 0 Å². The second-order valence-corrected chi connectivity index (χ2v) is 7.65. The molecule has 0 atom stereocenters. The third kappa shape index (κ3) is 3.97. The minimum Gasteiger partial charge on any atom is -0.356 e. The molecule has 1 spiro atoms. The molecule has 1 aliphatic heterocycles. The van der Waals surface area contributed by atoms with Gasteiger partial charge in [-0.15, -0.1) is 0 Å². The van der Waals surface area contributed by atoms with Crippen LogP contribution in [-0.4, -0.2) is 62.4 Å². The number of hydrogen-bond donors (Lipinski definition) is 1. The molecule has 1 saturated carbocycles. The van der Waals surface area contributed by atoms with E-state index in [-0.39, 0.29) is 5.91 Å². The number of nitrogens with one attached hydrogen (secondary N) is 1. The highest BCUT2D eigenvalue weighted by atomic mass is 16.2. The maximum absolute atomic E-state index is 12.1. The molecule has 0 radical (unpaired) electrons. The molecule has 0 aromatic heterocycles. The van der Waals surface area contributed by atoms with Gasteiger partial charge in [-0.1, -0.05) is 18.6 Å². The van der Waals surface area contributed by atoms with Crippen LogP contribution in [-0.2, 0) is 6.42 Å². The van der Waals surface area contributed by atoms with E-state index in [4.69, 9.17) is 0 Å². The molecule has 25 heavy (non-hydrogen) atoms. The standard InChI is InChI=1S/C20H30N4O/c1-21-19(24-13-11-20(15-24)9-5-10-20)22-12-8-16-6-4-7-17(14-16)18(25)23(2)3/h4,6-7,14H,5,8-13,15H2,1-3H3,(H,21,22). The molecule has 5 nitrogen and oxygen atoms in total. The van der Waals surface area contributed by atoms with E-state index in [2.05, 4.69) is 21.3 Å². The van der Waals surface area contributed by atoms with Crippen molar-refractivity contribution in [2.75, 3.05) is 40.8 Å². The predicted octanol–water partition coefficient (Wildman–Crippen LogP) is 2.38. The highest BCUT2D eigenvalue weighted by molar-refractivity contribution is 5.94. The van der Waals surface area contributed by atoms with Gasteiger partial charge in [-0.05, 0) is 48.8 Å². The van der Waals surface area contributed by atoms with E-state index < -0.39 is 0 Å². The Balaban J connectivity index is 1.52. The first-order valence-electron chi connectivity index (χ1n) is 9.29. The van der Waals surface area contributed by atoms with Crippen LogP contribution in [0.1, 0.15) is 41.6 Å². The maximum Gasteiger partial charge on any atom is 0.253 e. The number of rotatable bonds is 4. The van der Waals surface area contributed by atoms with Crippen LogP contribution in [0.15, 0.2) is 29.3 Å². The van der Waals surface area contributed by atoms with Crippen molar-refractivity contribution in [2.24, 2.45) is 10.4 Å². The summed E-state index contributed by atoms with van der Waals surface area (Å²) in [7, 11) is 5.43. The zero-order chi connectivity index (χ0) is 17.9. The lowest BCUT2D eigenvalue weighted by Gasteiger charge is -2.38. The maximum atomic E-state index is 12.1. The Morgan fingerprint density at radius 3 is 2.72 bits per heavy atom. The smallest absolute Gasteiger partial charge is 0.253 e. The summed E-state index contributed by atoms with van der Waals surface area (Å²) >= 11 is 0. The van der Waals surface area contributed by atoms with E-state index in [0.29, 0.717) is 5.41 Å². The van der Waals surface area contributed by atoms with Gasteiger partial charge in [-0.3, -0.25) is 9.79 Å². The molecule has 1 amide bonds. The zero-order valence-electron chi connectivity index (χ0n) is 15.7. The summed E-state index contributed by atoms with van der Waals surface area (Å²) in [5.74, 6) is 1.07. The fourth-order valence-corrected chi connectivity index (χ4v) is 3.97. The van der Waals surface area contributed by atoms with Gasteiger partial charge >= 0.3 is 0 Å². The molecule has 1 aliphatic carbocycles. The highest BCUT2D eigenvalue weighted by Crippen LogP contribution is 2.47. The van der Waals surface area contributed by atoms with Gasteiger partial charge in [0.2, 0.25) is 0 Å². The van der Waals surface area contributed by atoms with Crippen molar-refractivity contribution in [1.82, 2.24) is 15.1 Å². The van der Waals surface area contributed by atoms with Crippen molar-refractivity contribution >= 4 is 11.9 Å². The van der Waals surface area contributed by atoms with Crippen LogP contribution in [0, 0.1) is 5.41 Å². The van der Waals surface area contributed by atoms with E-state index in [9.17, 15) is 4.79 Å². The number of nitrogens with zero attached hydrogens (tertiary/aromatic N) is 3. The lowest BCUT2D eigenvalue weighted by atomic mass is 9.68. The molecule has 0 unspecified atom stereocenters. The van der Waals surface area contributed by atoms with Gasteiger partial charge in [-0.2, -0.15) is 0 Å². The van der Waals surface area contributed by atoms with Crippen LogP contribution in [0.3, 0.4) is 0 Å². The number of amides is 1. The topological polar surface area (TPSA) is 47.9 Å². The largest absolute Gasteiger partial charge is 0.356 e. The van der Waals surface area contributed by atoms with E-state index in [1.165, 1.54) is 31.2 Å². The van der Waals surface area contributed by atoms with Crippen LogP contribution in [0.4, 0.5) is 0 Å². The molecule has 1 aromatic rings. The molecule has 136 valence electrons. The SMILES string of the molecule is CN=C(NCCc1cccc(C(=O)N(C)C)c1)N1CCC2(CCC2)C1. The first kappa shape index (κ1) is 17.8. The molecule has 5 heteroatoms. The Morgan fingerprint density at radius 2 is 2.12 bits per heavy atom. The number of hydrogen-bond acceptors (Lipinski definition) is 2. The van der Waals surface area contributed by atoms with Gasteiger partial charge in [0.05, 0.1) is 0 Å². The number of likely N-dealkylation sites (tertiary alicyclic amines) is 1. The lowest BCUT2D eigenvalue weighted by molar-refractivity contribution is 0.0827. The van der Waals surface area contributed by atoms with Crippen LogP contribution in [0.2, 0.25) is 0 Å². The molecule has 0 bridgehead atoms. The Hall–Kier alpha value is -2.04. The monoisotopic (exact) mass is 342 g/mol. The number of guanidine groups is 1. The zero-order valence-corrected chi connectivity index (χ0v) is 15.7. The van der Waals surface area contributed by atoms with Crippen LogP contribution >= 0.6 is 0 Å². The molecule has 1 heterocycles. The summed E-state index contributed by atoms with van der Waals surface area (Å²) in [6, 6.07) is 7.91. The third-order valence-electron chi connectivity index (χ3n) is 5.64. The predicted molar refractivity (Wildman–Crippen MR) is 102 cm³/mol. The molecule has 2 aliphatic rings. The Kier molecular flexibility index (Phi) is 5.30. The summed E-state index contributed by atoms with van der Waals surface area (Å²) < 4.78 is 0. The van der Waals surface area contributed by atoms with Crippen LogP contribution in [0.25, 0.3) is 0 Å². The van der Waals surface area contributed by atoms with Gasteiger partial charge in [0, 0.05) is 46.3 Å². The van der Waals surface area contributed by atoms with Gasteiger partial charge in [0.1, 0.15) is 0 Å². The molecule has 3 rings (SSSR count). The molecule has 1 N–H and O–H groups in total. The van der Waals surface area contributed by atoms with E-state index in [1.54, 1.807) is 19.0 Å². The fraction of sp³-hybridized carbons (Fsp3) is 0.600. The van der Waals surface area contributed by atoms with Crippen molar-refractivity contribution in [3.63, 3.8) is 0 Å². The van der Waals surface area contributed by atoms with E-state index in [0.717, 1.165) is 37.6 Å². The number of benzene rings is 1. The molecule has 2 fully saturated rings. The van der Waals surface area contributed by atoms with Crippen molar-refractivity contribution < 1.29 is 4.79 Å². The minimum atomic E-state index is 0.0495. The van der Waals surface area contributed by atoms with Crippen LogP contribution < -0.4 is 5.32 Å². The normalized spacial score (nSPS) is 19.0. The number of aliphatic imine (C=N–C) groups is 1. The average Bonchev–Trinajstić information content (AvgIpc) is 3.04. The second-order valence-electron chi connectivity index (χ2n) is 7.65. The molecule has 1 aromatic carbocycles. The molecule has 1 saturated heterocycles. The van der Waals surface area contributed by atoms with E-state index in [1.807, 2.05) is 25.2 Å². The van der Waals surface area contributed by atoms with Crippen molar-refractivity contribution in [1.29, 1.82) is 0 Å². The fourth-order valence-electron chi connectivity index (χ4n) is 3.97. The molecular formula is C20H30N4O. The number of carbonyl (C=O) groups excluding carboxylic acids is 1. The van der Waals surface area contributed by atoms with Crippen molar-refractivity contribution in [3.05, 3.63) is 35.4 Å². The Labute approximate surface area is 151 Å². The minimum absolute atomic E-state index is 0.0495. The molecular weight excluding hydrogens is 312 g/mol. The summed E-state index contributed by atoms with van der Waals surface area (Å²) in [4.78, 5) is 20.6. The van der Waals surface area contributed by atoms with Crippen molar-refractivity contribution in [2.45, 2.75) is 32.1 Å².